The number of anilines is 1. The Balaban J connectivity index is 2.35. The van der Waals surface area contributed by atoms with Gasteiger partial charge in [0.1, 0.15) is 10.7 Å². The number of nitrogens with zero attached hydrogens (tertiary/aromatic N) is 2. The minimum Gasteiger partial charge on any atom is -0.353 e. The molecule has 1 aromatic rings. The zero-order chi connectivity index (χ0) is 13.9. The second kappa shape index (κ2) is 6.22. The molecular weight excluding hydrogens is 328 g/mol. The van der Waals surface area contributed by atoms with Crippen LogP contribution in [0.5, 0.6) is 0 Å². The summed E-state index contributed by atoms with van der Waals surface area (Å²) in [5.74, 6) is 0.621. The van der Waals surface area contributed by atoms with Crippen molar-refractivity contribution in [2.24, 2.45) is 0 Å². The summed E-state index contributed by atoms with van der Waals surface area (Å²) < 4.78 is 23.8. The third-order valence-electron chi connectivity index (χ3n) is 3.47. The average Bonchev–Trinajstić information content (AvgIpc) is 2.31. The molecule has 1 aliphatic rings. The second-order valence-electron chi connectivity index (χ2n) is 4.92. The van der Waals surface area contributed by atoms with E-state index in [0.717, 1.165) is 31.1 Å². The molecule has 106 valence electrons. The van der Waals surface area contributed by atoms with Crippen molar-refractivity contribution in [1.29, 1.82) is 0 Å². The summed E-state index contributed by atoms with van der Waals surface area (Å²) in [6.45, 7) is 0.843. The van der Waals surface area contributed by atoms with Crippen LogP contribution in [0.15, 0.2) is 23.2 Å². The third-order valence-corrected chi connectivity index (χ3v) is 5.15. The maximum atomic E-state index is 11.9. The fourth-order valence-corrected chi connectivity index (χ4v) is 3.36. The number of hydrogen-bond donors (Lipinski definition) is 0. The minimum atomic E-state index is -3.24. The van der Waals surface area contributed by atoms with Crippen LogP contribution < -0.4 is 4.90 Å². The zero-order valence-corrected chi connectivity index (χ0v) is 13.5. The van der Waals surface area contributed by atoms with Gasteiger partial charge in [-0.2, -0.15) is 0 Å². The molecule has 1 heterocycles. The Morgan fingerprint density at radius 3 is 2.74 bits per heavy atom. The largest absolute Gasteiger partial charge is 0.353 e. The van der Waals surface area contributed by atoms with E-state index in [-0.39, 0.29) is 0 Å². The molecular formula is C13H19BrN2O2S. The summed E-state index contributed by atoms with van der Waals surface area (Å²) in [5, 5.41) is 0.914. The lowest BCUT2D eigenvalue weighted by Gasteiger charge is -2.39. The van der Waals surface area contributed by atoms with E-state index in [0.29, 0.717) is 16.8 Å². The monoisotopic (exact) mass is 346 g/mol. The van der Waals surface area contributed by atoms with E-state index in [1.807, 2.05) is 0 Å². The van der Waals surface area contributed by atoms with Gasteiger partial charge in [-0.3, -0.25) is 0 Å². The highest BCUT2D eigenvalue weighted by Crippen LogP contribution is 2.32. The van der Waals surface area contributed by atoms with Gasteiger partial charge in [-0.15, -0.1) is 0 Å². The van der Waals surface area contributed by atoms with E-state index in [2.05, 4.69) is 25.8 Å². The van der Waals surface area contributed by atoms with Gasteiger partial charge in [0.15, 0.2) is 9.84 Å². The lowest BCUT2D eigenvalue weighted by molar-refractivity contribution is 0.382. The average molecular weight is 347 g/mol. The molecule has 0 N–H and O–H groups in total. The molecule has 6 heteroatoms. The number of halogens is 1. The molecule has 0 amide bonds. The van der Waals surface area contributed by atoms with Crippen molar-refractivity contribution in [2.45, 2.75) is 36.6 Å². The Morgan fingerprint density at radius 2 is 2.21 bits per heavy atom. The van der Waals surface area contributed by atoms with E-state index >= 15 is 0 Å². The molecule has 1 aliphatic carbocycles. The first kappa shape index (κ1) is 14.8. The predicted molar refractivity (Wildman–Crippen MR) is 80.7 cm³/mol. The zero-order valence-electron chi connectivity index (χ0n) is 11.0. The molecule has 1 fully saturated rings. The first-order valence-corrected chi connectivity index (χ1v) is 9.53. The Morgan fingerprint density at radius 1 is 1.47 bits per heavy atom. The fraction of sp³-hybridized carbons (Fsp3) is 0.615. The molecule has 0 bridgehead atoms. The van der Waals surface area contributed by atoms with Crippen molar-refractivity contribution in [3.63, 3.8) is 0 Å². The highest BCUT2D eigenvalue weighted by atomic mass is 79.9. The topological polar surface area (TPSA) is 50.3 Å². The SMILES string of the molecule is CS(=O)(=O)c1cccnc1N(CCCBr)C1CCC1. The van der Waals surface area contributed by atoms with Gasteiger partial charge in [0.25, 0.3) is 0 Å². The first-order chi connectivity index (χ1) is 9.04. The second-order valence-corrected chi connectivity index (χ2v) is 7.70. The molecule has 0 aromatic carbocycles. The van der Waals surface area contributed by atoms with E-state index < -0.39 is 9.84 Å². The lowest BCUT2D eigenvalue weighted by Crippen LogP contribution is -2.42. The van der Waals surface area contributed by atoms with Crippen molar-refractivity contribution in [3.8, 4) is 0 Å². The van der Waals surface area contributed by atoms with Crippen molar-refractivity contribution < 1.29 is 8.42 Å². The number of hydrogen-bond acceptors (Lipinski definition) is 4. The van der Waals surface area contributed by atoms with Gasteiger partial charge < -0.3 is 4.90 Å². The molecule has 4 nitrogen and oxygen atoms in total. The molecule has 0 spiro atoms. The Labute approximate surface area is 123 Å². The van der Waals surface area contributed by atoms with Crippen molar-refractivity contribution in [2.75, 3.05) is 23.0 Å². The summed E-state index contributed by atoms with van der Waals surface area (Å²) in [6.07, 6.45) is 7.37. The Hall–Kier alpha value is -0.620. The molecule has 1 saturated carbocycles. The highest BCUT2D eigenvalue weighted by molar-refractivity contribution is 9.09. The summed E-state index contributed by atoms with van der Waals surface area (Å²) >= 11 is 3.43. The maximum Gasteiger partial charge on any atom is 0.179 e. The van der Waals surface area contributed by atoms with Crippen LogP contribution in [-0.4, -0.2) is 37.6 Å². The number of aromatic nitrogens is 1. The number of alkyl halides is 1. The van der Waals surface area contributed by atoms with Crippen LogP contribution in [0.3, 0.4) is 0 Å². The first-order valence-electron chi connectivity index (χ1n) is 6.51. The standard InChI is InChI=1S/C13H19BrN2O2S/c1-19(17,18)12-7-3-9-15-13(12)16(10-4-8-14)11-5-2-6-11/h3,7,9,11H,2,4-6,8,10H2,1H3. The van der Waals surface area contributed by atoms with Crippen LogP contribution in [0, 0.1) is 0 Å². The number of rotatable bonds is 6. The maximum absolute atomic E-state index is 11.9. The third kappa shape index (κ3) is 3.48. The van der Waals surface area contributed by atoms with Gasteiger partial charge in [0.2, 0.25) is 0 Å². The van der Waals surface area contributed by atoms with Crippen LogP contribution in [0.4, 0.5) is 5.82 Å². The fourth-order valence-electron chi connectivity index (χ4n) is 2.28. The van der Waals surface area contributed by atoms with E-state index in [1.54, 1.807) is 18.3 Å². The predicted octanol–water partition coefficient (Wildman–Crippen LogP) is 2.63. The molecule has 0 atom stereocenters. The van der Waals surface area contributed by atoms with Gasteiger partial charge in [0.05, 0.1) is 0 Å². The van der Waals surface area contributed by atoms with Crippen molar-refractivity contribution in [3.05, 3.63) is 18.3 Å². The summed E-state index contributed by atoms with van der Waals surface area (Å²) in [5.41, 5.74) is 0. The van der Waals surface area contributed by atoms with Gasteiger partial charge >= 0.3 is 0 Å². The molecule has 19 heavy (non-hydrogen) atoms. The van der Waals surface area contributed by atoms with E-state index in [9.17, 15) is 8.42 Å². The molecule has 1 aromatic heterocycles. The smallest absolute Gasteiger partial charge is 0.179 e. The van der Waals surface area contributed by atoms with Crippen LogP contribution >= 0.6 is 15.9 Å². The van der Waals surface area contributed by atoms with E-state index in [1.165, 1.54) is 12.7 Å². The summed E-state index contributed by atoms with van der Waals surface area (Å²) in [7, 11) is -3.24. The Bertz CT molecular complexity index is 529. The van der Waals surface area contributed by atoms with Gasteiger partial charge in [-0.1, -0.05) is 15.9 Å². The van der Waals surface area contributed by atoms with Gasteiger partial charge in [-0.25, -0.2) is 13.4 Å². The number of sulfone groups is 1. The van der Waals surface area contributed by atoms with Crippen molar-refractivity contribution in [1.82, 2.24) is 4.98 Å². The van der Waals surface area contributed by atoms with Crippen LogP contribution in [0.2, 0.25) is 0 Å². The summed E-state index contributed by atoms with van der Waals surface area (Å²) in [6, 6.07) is 3.77. The highest BCUT2D eigenvalue weighted by Gasteiger charge is 2.29. The molecule has 2 rings (SSSR count). The van der Waals surface area contributed by atoms with Crippen LogP contribution in [0.1, 0.15) is 25.7 Å². The molecule has 0 aliphatic heterocycles. The van der Waals surface area contributed by atoms with Crippen LogP contribution in [-0.2, 0) is 9.84 Å². The van der Waals surface area contributed by atoms with Crippen LogP contribution in [0.25, 0.3) is 0 Å². The van der Waals surface area contributed by atoms with E-state index in [4.69, 9.17) is 0 Å². The molecule has 0 saturated heterocycles. The quantitative estimate of drug-likeness (QED) is 0.743. The van der Waals surface area contributed by atoms with Gasteiger partial charge in [0, 0.05) is 30.4 Å². The molecule has 0 unspecified atom stereocenters. The van der Waals surface area contributed by atoms with Gasteiger partial charge in [-0.05, 0) is 37.8 Å². The number of pyridine rings is 1. The Kier molecular flexibility index (Phi) is 4.84. The van der Waals surface area contributed by atoms with Crippen molar-refractivity contribution >= 4 is 31.6 Å². The minimum absolute atomic E-state index is 0.344. The lowest BCUT2D eigenvalue weighted by atomic mass is 9.91. The summed E-state index contributed by atoms with van der Waals surface area (Å²) in [4.78, 5) is 6.84. The normalized spacial score (nSPS) is 16.1. The molecule has 0 radical (unpaired) electrons.